The molecule has 29 heteroatoms. The van der Waals surface area contributed by atoms with Crippen molar-refractivity contribution in [2.24, 2.45) is 0 Å². The number of halogens is 4. The number of urea groups is 1. The average molecular weight is 932 g/mol. The van der Waals surface area contributed by atoms with Crippen LogP contribution in [0, 0.1) is 0 Å². The number of phosphoric ester groups is 2. The minimum absolute atomic E-state index is 0.0179. The molecule has 0 aromatic heterocycles. The fourth-order valence-corrected chi connectivity index (χ4v) is 5.69. The van der Waals surface area contributed by atoms with Gasteiger partial charge in [0.05, 0.1) is 64.9 Å². The van der Waals surface area contributed by atoms with E-state index in [4.69, 9.17) is 83.4 Å². The topological polar surface area (TPSA) is 316 Å². The van der Waals surface area contributed by atoms with Crippen molar-refractivity contribution < 1.29 is 89.5 Å². The minimum Gasteiger partial charge on any atom is -0.451 e. The van der Waals surface area contributed by atoms with E-state index in [1.807, 2.05) is 0 Å². The van der Waals surface area contributed by atoms with Crippen molar-refractivity contribution >= 4 is 101 Å². The molecule has 0 aliphatic carbocycles. The van der Waals surface area contributed by atoms with Gasteiger partial charge in [-0.15, -0.1) is 0 Å². The molecule has 0 rings (SSSR count). The van der Waals surface area contributed by atoms with Crippen molar-refractivity contribution in [2.75, 3.05) is 65.9 Å². The summed E-state index contributed by atoms with van der Waals surface area (Å²) in [6.07, 6.45) is -2.15. The fourth-order valence-electron chi connectivity index (χ4n) is 3.61. The highest BCUT2D eigenvalue weighted by Gasteiger charge is 2.26. The molecule has 0 aliphatic heterocycles. The van der Waals surface area contributed by atoms with Crippen LogP contribution in [0.3, 0.4) is 0 Å². The van der Waals surface area contributed by atoms with Crippen LogP contribution in [-0.2, 0) is 65.4 Å². The standard InChI is InChI=1S/C27H44Cl4N4O19P2/c1-17(53-25(30)40)3-7-47-13-19(34-23(38)11-21(28)36)15-51-55(43,44)49-9-5-32-27(42)33-6-10-50-56(45,46)52-16-20(35-24(39)12-22(29)37)14-48-8-4-18(2)54-26(31)41/h17-20H,3-16H2,1-2H3,(H,34,38)(H,35,39)(H,43,44)(H,45,46)(H2,32,33,42)/t17-,18-,19-,20-/m1/s1. The van der Waals surface area contributed by atoms with Gasteiger partial charge in [0, 0.05) is 49.1 Å². The predicted octanol–water partition coefficient (Wildman–Crippen LogP) is 2.17. The highest BCUT2D eigenvalue weighted by molar-refractivity contribution is 7.47. The number of phosphoric acid groups is 2. The highest BCUT2D eigenvalue weighted by Crippen LogP contribution is 2.43. The van der Waals surface area contributed by atoms with E-state index in [1.54, 1.807) is 13.8 Å². The van der Waals surface area contributed by atoms with Crippen LogP contribution in [0.1, 0.15) is 39.5 Å². The Bertz CT molecular complexity index is 1290. The first-order chi connectivity index (χ1) is 26.1. The maximum absolute atomic E-state index is 12.3. The maximum atomic E-state index is 12.3. The molecule has 6 N–H and O–H groups in total. The number of hydrogen-bond donors (Lipinski definition) is 6. The van der Waals surface area contributed by atoms with Gasteiger partial charge in [0.1, 0.15) is 25.0 Å². The van der Waals surface area contributed by atoms with Gasteiger partial charge in [0.2, 0.25) is 22.3 Å². The summed E-state index contributed by atoms with van der Waals surface area (Å²) in [4.78, 5) is 99.6. The monoisotopic (exact) mass is 930 g/mol. The summed E-state index contributed by atoms with van der Waals surface area (Å²) >= 11 is 20.7. The summed E-state index contributed by atoms with van der Waals surface area (Å²) in [5.41, 5.74) is -2.02. The van der Waals surface area contributed by atoms with Gasteiger partial charge in [-0.05, 0) is 37.0 Å². The van der Waals surface area contributed by atoms with Crippen LogP contribution < -0.4 is 21.3 Å². The van der Waals surface area contributed by atoms with Crippen molar-refractivity contribution in [3.8, 4) is 0 Å². The Kier molecular flexibility index (Phi) is 28.7. The van der Waals surface area contributed by atoms with Gasteiger partial charge in [-0.1, -0.05) is 0 Å². The van der Waals surface area contributed by atoms with E-state index in [2.05, 4.69) is 21.3 Å². The molecule has 0 saturated carbocycles. The third-order valence-corrected chi connectivity index (χ3v) is 8.47. The first kappa shape index (κ1) is 53.8. The van der Waals surface area contributed by atoms with Crippen LogP contribution in [0.5, 0.6) is 0 Å². The predicted molar refractivity (Wildman–Crippen MR) is 194 cm³/mol. The second-order valence-corrected chi connectivity index (χ2v) is 15.4. The molecule has 0 bridgehead atoms. The molecule has 0 radical (unpaired) electrons. The number of carbonyl (C=O) groups is 7. The average Bonchev–Trinajstić information content (AvgIpc) is 3.05. The Labute approximate surface area is 340 Å². The summed E-state index contributed by atoms with van der Waals surface area (Å²) in [6.45, 7) is -0.370. The fraction of sp³-hybridized carbons (Fsp3) is 0.741. The van der Waals surface area contributed by atoms with Crippen LogP contribution in [0.2, 0.25) is 0 Å². The van der Waals surface area contributed by atoms with E-state index < -0.39 is 118 Å². The van der Waals surface area contributed by atoms with E-state index in [1.165, 1.54) is 0 Å². The van der Waals surface area contributed by atoms with E-state index in [0.29, 0.717) is 0 Å². The third-order valence-electron chi connectivity index (χ3n) is 6.05. The third kappa shape index (κ3) is 32.8. The maximum Gasteiger partial charge on any atom is 0.472 e. The molecule has 0 aliphatic rings. The number of amides is 4. The lowest BCUT2D eigenvalue weighted by Crippen LogP contribution is -2.42. The Balaban J connectivity index is 4.66. The van der Waals surface area contributed by atoms with Crippen molar-refractivity contribution in [2.45, 2.75) is 63.8 Å². The summed E-state index contributed by atoms with van der Waals surface area (Å²) in [5.74, 6) is -1.66. The molecule has 0 spiro atoms. The number of ether oxygens (including phenoxy) is 4. The molecular weight excluding hydrogens is 888 g/mol. The Morgan fingerprint density at radius 2 is 0.929 bits per heavy atom. The molecular formula is C27H44Cl4N4O19P2. The number of rotatable bonds is 32. The molecule has 2 unspecified atom stereocenters. The van der Waals surface area contributed by atoms with Crippen molar-refractivity contribution in [1.29, 1.82) is 0 Å². The first-order valence-corrected chi connectivity index (χ1v) is 20.7. The van der Waals surface area contributed by atoms with Crippen molar-refractivity contribution in [3.05, 3.63) is 0 Å². The largest absolute Gasteiger partial charge is 0.472 e. The van der Waals surface area contributed by atoms with Gasteiger partial charge < -0.3 is 50.0 Å². The van der Waals surface area contributed by atoms with E-state index in [9.17, 15) is 52.5 Å². The van der Waals surface area contributed by atoms with Crippen LogP contribution in [-0.4, -0.2) is 139 Å². The molecule has 56 heavy (non-hydrogen) atoms. The quantitative estimate of drug-likeness (QED) is 0.0244. The highest BCUT2D eigenvalue weighted by atomic mass is 35.5. The second-order valence-electron chi connectivity index (χ2n) is 11.0. The molecule has 4 amide bonds. The molecule has 6 atom stereocenters. The van der Waals surface area contributed by atoms with Crippen LogP contribution >= 0.6 is 62.0 Å². The van der Waals surface area contributed by atoms with Gasteiger partial charge in [-0.2, -0.15) is 0 Å². The van der Waals surface area contributed by atoms with Gasteiger partial charge in [0.15, 0.2) is 0 Å². The minimum atomic E-state index is -4.75. The molecule has 0 aromatic carbocycles. The SMILES string of the molecule is C[C@H](CCOC[C@H](COP(=O)(O)OCCNC(=O)NCCOP(=O)(O)OC[C@@H](COCC[C@@H](C)OC(=O)Cl)NC(=O)CC(=O)Cl)NC(=O)CC(=O)Cl)OC(=O)Cl. The van der Waals surface area contributed by atoms with Crippen LogP contribution in [0.15, 0.2) is 0 Å². The second kappa shape index (κ2) is 29.9. The summed E-state index contributed by atoms with van der Waals surface area (Å²) < 4.78 is 64.1. The number of hydrogen-bond acceptors (Lipinski definition) is 17. The van der Waals surface area contributed by atoms with Gasteiger partial charge in [-0.25, -0.2) is 23.5 Å². The van der Waals surface area contributed by atoms with Crippen molar-refractivity contribution in [3.63, 3.8) is 0 Å². The Morgan fingerprint density at radius 1 is 0.571 bits per heavy atom. The Morgan fingerprint density at radius 3 is 1.25 bits per heavy atom. The molecule has 0 heterocycles. The smallest absolute Gasteiger partial charge is 0.451 e. The molecule has 324 valence electrons. The Hall–Kier alpha value is -2.21. The van der Waals surface area contributed by atoms with Crippen LogP contribution in [0.25, 0.3) is 0 Å². The van der Waals surface area contributed by atoms with E-state index in [-0.39, 0.29) is 52.4 Å². The van der Waals surface area contributed by atoms with Crippen molar-refractivity contribution in [1.82, 2.24) is 21.3 Å². The van der Waals surface area contributed by atoms with E-state index in [0.717, 1.165) is 0 Å². The lowest BCUT2D eigenvalue weighted by molar-refractivity contribution is -0.127. The molecule has 0 fully saturated rings. The first-order valence-electron chi connectivity index (χ1n) is 16.2. The number of nitrogens with one attached hydrogen (secondary N) is 4. The lowest BCUT2D eigenvalue weighted by atomic mass is 10.3. The number of carbonyl (C=O) groups excluding carboxylic acids is 7. The zero-order valence-corrected chi connectivity index (χ0v) is 34.8. The molecule has 0 saturated heterocycles. The van der Waals surface area contributed by atoms with Gasteiger partial charge >= 0.3 is 32.5 Å². The lowest BCUT2D eigenvalue weighted by Gasteiger charge is -2.21. The normalized spacial score (nSPS) is 15.4. The van der Waals surface area contributed by atoms with E-state index >= 15 is 0 Å². The molecule has 23 nitrogen and oxygen atoms in total. The van der Waals surface area contributed by atoms with Gasteiger partial charge in [-0.3, -0.25) is 37.3 Å². The zero-order valence-electron chi connectivity index (χ0n) is 29.9. The zero-order chi connectivity index (χ0) is 42.7. The summed E-state index contributed by atoms with van der Waals surface area (Å²) in [5, 5.41) is 7.30. The summed E-state index contributed by atoms with van der Waals surface area (Å²) in [7, 11) is -9.49. The van der Waals surface area contributed by atoms with Crippen LogP contribution in [0.4, 0.5) is 14.4 Å². The summed E-state index contributed by atoms with van der Waals surface area (Å²) in [6, 6.07) is -2.95. The molecule has 0 aromatic rings. The van der Waals surface area contributed by atoms with Gasteiger partial charge in [0.25, 0.3) is 0 Å².